The van der Waals surface area contributed by atoms with E-state index in [0.717, 1.165) is 69.4 Å². The maximum absolute atomic E-state index is 12.2. The number of amides is 2. The highest BCUT2D eigenvalue weighted by atomic mass is 16.2. The fourth-order valence-electron chi connectivity index (χ4n) is 5.36. The number of carbonyl (C=O) groups is 2. The number of rotatable bonds is 4. The largest absolute Gasteiger partial charge is 0.342 e. The monoisotopic (exact) mass is 420 g/mol. The van der Waals surface area contributed by atoms with E-state index in [1.807, 2.05) is 27.6 Å². The maximum atomic E-state index is 12.2. The lowest BCUT2D eigenvalue weighted by Gasteiger charge is -2.35. The molecule has 0 aromatic carbocycles. The van der Waals surface area contributed by atoms with Crippen LogP contribution in [0.15, 0.2) is 18.2 Å². The molecular weight excluding hydrogens is 392 g/mol. The Bertz CT molecular complexity index is 1040. The van der Waals surface area contributed by atoms with Gasteiger partial charge in [-0.15, -0.1) is 5.10 Å². The van der Waals surface area contributed by atoms with Gasteiger partial charge in [-0.3, -0.25) is 14.9 Å². The van der Waals surface area contributed by atoms with Crippen molar-refractivity contribution in [2.24, 2.45) is 17.8 Å². The third-order valence-electron chi connectivity index (χ3n) is 7.25. The van der Waals surface area contributed by atoms with E-state index in [0.29, 0.717) is 23.7 Å². The van der Waals surface area contributed by atoms with E-state index in [1.54, 1.807) is 0 Å². The van der Waals surface area contributed by atoms with Crippen LogP contribution in [0.4, 0.5) is 5.95 Å². The summed E-state index contributed by atoms with van der Waals surface area (Å²) < 4.78 is 1.90. The van der Waals surface area contributed by atoms with E-state index in [-0.39, 0.29) is 24.2 Å². The summed E-state index contributed by atoms with van der Waals surface area (Å²) in [5, 5.41) is 16.3. The maximum Gasteiger partial charge on any atom is 0.249 e. The van der Waals surface area contributed by atoms with E-state index in [4.69, 9.17) is 5.26 Å². The van der Waals surface area contributed by atoms with Crippen LogP contribution in [0.5, 0.6) is 0 Å². The lowest BCUT2D eigenvalue weighted by atomic mass is 9.71. The molecule has 1 aliphatic heterocycles. The summed E-state index contributed by atoms with van der Waals surface area (Å²) in [4.78, 5) is 30.7. The molecule has 1 saturated heterocycles. The van der Waals surface area contributed by atoms with Crippen molar-refractivity contribution in [3.8, 4) is 6.07 Å². The zero-order valence-corrected chi connectivity index (χ0v) is 17.7. The van der Waals surface area contributed by atoms with Crippen molar-refractivity contribution < 1.29 is 9.59 Å². The summed E-state index contributed by atoms with van der Waals surface area (Å²) >= 11 is 0. The van der Waals surface area contributed by atoms with Crippen molar-refractivity contribution in [1.29, 1.82) is 5.26 Å². The Balaban J connectivity index is 1.31. The van der Waals surface area contributed by atoms with Crippen LogP contribution in [0.2, 0.25) is 0 Å². The van der Waals surface area contributed by atoms with Crippen molar-refractivity contribution in [2.45, 2.75) is 57.3 Å². The van der Waals surface area contributed by atoms with Crippen LogP contribution in [0, 0.1) is 29.1 Å². The molecule has 2 aromatic heterocycles. The molecule has 8 heteroatoms. The number of anilines is 1. The third kappa shape index (κ3) is 4.14. The highest BCUT2D eigenvalue weighted by Gasteiger charge is 2.35. The number of pyridine rings is 1. The Kier molecular flexibility index (Phi) is 5.34. The Morgan fingerprint density at radius 1 is 1.10 bits per heavy atom. The molecule has 1 N–H and O–H groups in total. The van der Waals surface area contributed by atoms with Gasteiger partial charge in [0.15, 0.2) is 5.65 Å². The quantitative estimate of drug-likeness (QED) is 0.818. The molecule has 5 rings (SSSR count). The number of fused-ring (bicyclic) bond motifs is 2. The average molecular weight is 421 g/mol. The summed E-state index contributed by atoms with van der Waals surface area (Å²) in [5.74, 6) is 2.10. The Morgan fingerprint density at radius 2 is 1.90 bits per heavy atom. The fourth-order valence-corrected chi connectivity index (χ4v) is 5.36. The van der Waals surface area contributed by atoms with Gasteiger partial charge in [0.1, 0.15) is 6.42 Å². The number of carbonyl (C=O) groups excluding carboxylic acids is 2. The van der Waals surface area contributed by atoms with Crippen LogP contribution in [0.25, 0.3) is 5.65 Å². The van der Waals surface area contributed by atoms with Gasteiger partial charge in [0.2, 0.25) is 17.8 Å². The number of hydrogen-bond acceptors (Lipinski definition) is 5. The van der Waals surface area contributed by atoms with E-state index in [1.165, 1.54) is 0 Å². The van der Waals surface area contributed by atoms with Crippen molar-refractivity contribution in [1.82, 2.24) is 19.5 Å². The Hall–Kier alpha value is -2.95. The highest BCUT2D eigenvalue weighted by Crippen LogP contribution is 2.43. The van der Waals surface area contributed by atoms with Gasteiger partial charge in [-0.25, -0.2) is 4.52 Å². The molecule has 2 aromatic rings. The zero-order chi connectivity index (χ0) is 21.4. The Morgan fingerprint density at radius 3 is 2.68 bits per heavy atom. The molecule has 0 spiro atoms. The molecule has 31 heavy (non-hydrogen) atoms. The minimum absolute atomic E-state index is 0.0203. The minimum atomic E-state index is -0.0362. The molecule has 0 radical (unpaired) electrons. The topological polar surface area (TPSA) is 103 Å². The number of aromatic nitrogens is 3. The molecule has 8 nitrogen and oxygen atoms in total. The first-order chi connectivity index (χ1) is 15.1. The van der Waals surface area contributed by atoms with Crippen molar-refractivity contribution in [3.05, 3.63) is 23.9 Å². The second kappa shape index (κ2) is 8.29. The second-order valence-electron chi connectivity index (χ2n) is 9.24. The minimum Gasteiger partial charge on any atom is -0.342 e. The lowest BCUT2D eigenvalue weighted by Crippen LogP contribution is -2.31. The summed E-state index contributed by atoms with van der Waals surface area (Å²) in [6.45, 7) is 1.52. The SMILES string of the molecule is N#CCC(=O)N1CCC2CCC(c3cccc4nc(NC(=O)C5CC5)nn34)CC2CC1. The van der Waals surface area contributed by atoms with Gasteiger partial charge in [-0.2, -0.15) is 10.2 Å². The van der Waals surface area contributed by atoms with Crippen LogP contribution >= 0.6 is 0 Å². The molecule has 2 aliphatic carbocycles. The average Bonchev–Trinajstić information content (AvgIpc) is 3.56. The molecule has 3 fully saturated rings. The van der Waals surface area contributed by atoms with E-state index >= 15 is 0 Å². The molecule has 162 valence electrons. The van der Waals surface area contributed by atoms with Gasteiger partial charge in [-0.05, 0) is 68.9 Å². The first-order valence-electron chi connectivity index (χ1n) is 11.4. The molecule has 2 amide bonds. The van der Waals surface area contributed by atoms with Gasteiger partial charge in [0.05, 0.1) is 6.07 Å². The van der Waals surface area contributed by atoms with Gasteiger partial charge in [0.25, 0.3) is 0 Å². The third-order valence-corrected chi connectivity index (χ3v) is 7.25. The van der Waals surface area contributed by atoms with E-state index in [2.05, 4.69) is 21.5 Å². The lowest BCUT2D eigenvalue weighted by molar-refractivity contribution is -0.130. The van der Waals surface area contributed by atoms with Gasteiger partial charge in [-0.1, -0.05) is 6.07 Å². The molecule has 0 bridgehead atoms. The van der Waals surface area contributed by atoms with Crippen molar-refractivity contribution in [3.63, 3.8) is 0 Å². The molecule has 3 aliphatic rings. The van der Waals surface area contributed by atoms with Crippen LogP contribution in [-0.2, 0) is 9.59 Å². The predicted molar refractivity (Wildman–Crippen MR) is 114 cm³/mol. The van der Waals surface area contributed by atoms with Gasteiger partial charge in [0, 0.05) is 30.6 Å². The smallest absolute Gasteiger partial charge is 0.249 e. The molecule has 3 heterocycles. The first kappa shape index (κ1) is 20.0. The summed E-state index contributed by atoms with van der Waals surface area (Å²) in [6.07, 6.45) is 7.22. The summed E-state index contributed by atoms with van der Waals surface area (Å²) in [6, 6.07) is 8.06. The van der Waals surface area contributed by atoms with Crippen molar-refractivity contribution in [2.75, 3.05) is 18.4 Å². The molecule has 3 unspecified atom stereocenters. The zero-order valence-electron chi connectivity index (χ0n) is 17.7. The standard InChI is InChI=1S/C23H28N6O2/c24-11-8-21(30)28-12-9-15-4-7-18(14-17(15)10-13-28)19-2-1-3-20-25-23(27-29(19)20)26-22(31)16-5-6-16/h1-3,15-18H,4-10,12-14H2,(H,26,27,31). The summed E-state index contributed by atoms with van der Waals surface area (Å²) in [5.41, 5.74) is 1.91. The number of nitrogens with zero attached hydrogens (tertiary/aromatic N) is 5. The molecule has 2 saturated carbocycles. The fraction of sp³-hybridized carbons (Fsp3) is 0.609. The second-order valence-corrected chi connectivity index (χ2v) is 9.24. The normalized spacial score (nSPS) is 26.0. The molecule has 3 atom stereocenters. The number of hydrogen-bond donors (Lipinski definition) is 1. The summed E-state index contributed by atoms with van der Waals surface area (Å²) in [7, 11) is 0. The number of nitrogens with one attached hydrogen (secondary N) is 1. The Labute approximate surface area is 181 Å². The molecular formula is C23H28N6O2. The van der Waals surface area contributed by atoms with Gasteiger partial charge < -0.3 is 4.90 Å². The van der Waals surface area contributed by atoms with Crippen molar-refractivity contribution >= 4 is 23.4 Å². The van der Waals surface area contributed by atoms with E-state index < -0.39 is 0 Å². The predicted octanol–water partition coefficient (Wildman–Crippen LogP) is 3.11. The van der Waals surface area contributed by atoms with Crippen LogP contribution in [-0.4, -0.2) is 44.4 Å². The van der Waals surface area contributed by atoms with Crippen LogP contribution < -0.4 is 5.32 Å². The highest BCUT2D eigenvalue weighted by molar-refractivity contribution is 5.92. The number of nitriles is 1. The van der Waals surface area contributed by atoms with Crippen LogP contribution in [0.3, 0.4) is 0 Å². The number of likely N-dealkylation sites (tertiary alicyclic amines) is 1. The van der Waals surface area contributed by atoms with Crippen LogP contribution in [0.1, 0.15) is 63.0 Å². The van der Waals surface area contributed by atoms with Gasteiger partial charge >= 0.3 is 0 Å². The first-order valence-corrected chi connectivity index (χ1v) is 11.4. The van der Waals surface area contributed by atoms with E-state index in [9.17, 15) is 9.59 Å².